The van der Waals surface area contributed by atoms with Gasteiger partial charge in [0.05, 0.1) is 11.5 Å². The Morgan fingerprint density at radius 2 is 2.05 bits per heavy atom. The van der Waals surface area contributed by atoms with Crippen LogP contribution in [-0.4, -0.2) is 5.91 Å². The van der Waals surface area contributed by atoms with Crippen LogP contribution in [0.2, 0.25) is 0 Å². The molecule has 2 heterocycles. The average molecular weight is 310 g/mol. The van der Waals surface area contributed by atoms with Crippen molar-refractivity contribution in [2.24, 2.45) is 0 Å². The van der Waals surface area contributed by atoms with Crippen LogP contribution in [0.1, 0.15) is 49.7 Å². The minimum atomic E-state index is -0.517. The number of rotatable bonds is 1. The van der Waals surface area contributed by atoms with E-state index in [4.69, 9.17) is 0 Å². The van der Waals surface area contributed by atoms with Crippen LogP contribution in [0.5, 0.6) is 0 Å². The number of nitrogens with zero attached hydrogens (tertiary/aromatic N) is 1. The third kappa shape index (κ3) is 1.78. The molecule has 2 aliphatic heterocycles. The van der Waals surface area contributed by atoms with Crippen LogP contribution >= 0.6 is 11.8 Å². The van der Waals surface area contributed by atoms with Crippen LogP contribution < -0.4 is 5.32 Å². The summed E-state index contributed by atoms with van der Waals surface area (Å²) in [5.74, 6) is 0.155. The lowest BCUT2D eigenvalue weighted by Gasteiger charge is -2.32. The van der Waals surface area contributed by atoms with E-state index in [9.17, 15) is 10.1 Å². The summed E-state index contributed by atoms with van der Waals surface area (Å²) in [5, 5.41) is 14.8. The van der Waals surface area contributed by atoms with E-state index in [0.29, 0.717) is 0 Å². The van der Waals surface area contributed by atoms with Gasteiger partial charge in [0.25, 0.3) is 0 Å². The van der Waals surface area contributed by atoms with Gasteiger partial charge in [-0.3, -0.25) is 4.79 Å². The lowest BCUT2D eigenvalue weighted by molar-refractivity contribution is -0.121. The molecule has 0 aromatic heterocycles. The van der Waals surface area contributed by atoms with Crippen molar-refractivity contribution in [1.29, 1.82) is 5.26 Å². The number of carbonyl (C=O) groups excluding carboxylic acids is 1. The van der Waals surface area contributed by atoms with Crippen LogP contribution in [-0.2, 0) is 15.0 Å². The number of anilines is 1. The largest absolute Gasteiger partial charge is 0.325 e. The van der Waals surface area contributed by atoms with Gasteiger partial charge in [0.2, 0.25) is 5.91 Å². The van der Waals surface area contributed by atoms with Gasteiger partial charge in [0.1, 0.15) is 4.75 Å². The zero-order chi connectivity index (χ0) is 15.2. The van der Waals surface area contributed by atoms with Crippen molar-refractivity contribution in [3.8, 4) is 6.07 Å². The molecule has 1 atom stereocenters. The molecule has 1 N–H and O–H groups in total. The summed E-state index contributed by atoms with van der Waals surface area (Å²) in [4.78, 5) is 12.6. The highest BCUT2D eigenvalue weighted by atomic mass is 32.2. The summed E-state index contributed by atoms with van der Waals surface area (Å²) >= 11 is 1.58. The molecule has 4 heteroatoms. The number of amides is 1. The van der Waals surface area contributed by atoms with Gasteiger partial charge in [-0.1, -0.05) is 37.5 Å². The summed E-state index contributed by atoms with van der Waals surface area (Å²) < 4.78 is -0.517. The molecular weight excluding hydrogens is 292 g/mol. The zero-order valence-electron chi connectivity index (χ0n) is 12.4. The highest BCUT2D eigenvalue weighted by Gasteiger charge is 2.48. The standard InChI is InChI=1S/C18H18N2OS/c19-12-18(9-4-10-22-18)13-5-6-15-14(11-13)17(16(21)20-15)7-2-1-3-8-17/h4-6,10-11H,1-3,7-9H2,(H,20,21)/t18-/m0/s1. The summed E-state index contributed by atoms with van der Waals surface area (Å²) in [6, 6.07) is 8.60. The van der Waals surface area contributed by atoms with Crippen LogP contribution in [0.15, 0.2) is 29.7 Å². The molecule has 1 aromatic carbocycles. The lowest BCUT2D eigenvalue weighted by atomic mass is 9.69. The first-order valence-electron chi connectivity index (χ1n) is 7.91. The number of allylic oxidation sites excluding steroid dienone is 1. The van der Waals surface area contributed by atoms with Gasteiger partial charge in [0, 0.05) is 5.69 Å². The highest BCUT2D eigenvalue weighted by molar-refractivity contribution is 8.03. The maximum atomic E-state index is 12.6. The fourth-order valence-corrected chi connectivity index (χ4v) is 5.00. The molecule has 1 saturated carbocycles. The third-order valence-electron chi connectivity index (χ3n) is 5.34. The van der Waals surface area contributed by atoms with E-state index in [-0.39, 0.29) is 11.3 Å². The molecule has 22 heavy (non-hydrogen) atoms. The fraction of sp³-hybridized carbons (Fsp3) is 0.444. The minimum absolute atomic E-state index is 0.155. The van der Waals surface area contributed by atoms with E-state index < -0.39 is 4.75 Å². The van der Waals surface area contributed by atoms with E-state index in [2.05, 4.69) is 23.5 Å². The van der Waals surface area contributed by atoms with E-state index >= 15 is 0 Å². The molecule has 3 aliphatic rings. The monoisotopic (exact) mass is 310 g/mol. The lowest BCUT2D eigenvalue weighted by Crippen LogP contribution is -2.36. The first kappa shape index (κ1) is 13.9. The quantitative estimate of drug-likeness (QED) is 0.845. The molecule has 112 valence electrons. The first-order valence-corrected chi connectivity index (χ1v) is 8.79. The van der Waals surface area contributed by atoms with Crippen molar-refractivity contribution >= 4 is 23.4 Å². The van der Waals surface area contributed by atoms with Crippen molar-refractivity contribution in [3.63, 3.8) is 0 Å². The number of benzene rings is 1. The van der Waals surface area contributed by atoms with Crippen molar-refractivity contribution in [2.45, 2.75) is 48.7 Å². The minimum Gasteiger partial charge on any atom is -0.325 e. The number of carbonyl (C=O) groups is 1. The van der Waals surface area contributed by atoms with E-state index in [1.165, 1.54) is 6.42 Å². The molecule has 0 radical (unpaired) electrons. The Bertz CT molecular complexity index is 702. The van der Waals surface area contributed by atoms with Crippen LogP contribution in [0, 0.1) is 11.3 Å². The molecular formula is C18H18N2OS. The topological polar surface area (TPSA) is 52.9 Å². The Morgan fingerprint density at radius 3 is 2.73 bits per heavy atom. The highest BCUT2D eigenvalue weighted by Crippen LogP contribution is 2.51. The Kier molecular flexibility index (Phi) is 3.09. The summed E-state index contributed by atoms with van der Waals surface area (Å²) in [7, 11) is 0. The van der Waals surface area contributed by atoms with Crippen LogP contribution in [0.3, 0.4) is 0 Å². The van der Waals surface area contributed by atoms with Crippen LogP contribution in [0.4, 0.5) is 5.69 Å². The second-order valence-corrected chi connectivity index (χ2v) is 7.69. The maximum absolute atomic E-state index is 12.6. The molecule has 1 amide bonds. The molecule has 4 rings (SSSR count). The molecule has 1 fully saturated rings. The Morgan fingerprint density at radius 1 is 1.23 bits per heavy atom. The van der Waals surface area contributed by atoms with Crippen molar-refractivity contribution in [3.05, 3.63) is 40.8 Å². The van der Waals surface area contributed by atoms with Gasteiger partial charge >= 0.3 is 0 Å². The second-order valence-electron chi connectivity index (χ2n) is 6.49. The first-order chi connectivity index (χ1) is 10.7. The van der Waals surface area contributed by atoms with Gasteiger partial charge in [-0.15, -0.1) is 11.8 Å². The normalized spacial score (nSPS) is 28.4. The number of fused-ring (bicyclic) bond motifs is 2. The van der Waals surface area contributed by atoms with Crippen molar-refractivity contribution in [1.82, 2.24) is 0 Å². The summed E-state index contributed by atoms with van der Waals surface area (Å²) in [5.41, 5.74) is 2.75. The molecule has 3 nitrogen and oxygen atoms in total. The Balaban J connectivity index is 1.82. The Hall–Kier alpha value is -1.73. The van der Waals surface area contributed by atoms with Crippen molar-refractivity contribution in [2.75, 3.05) is 5.32 Å². The maximum Gasteiger partial charge on any atom is 0.235 e. The van der Waals surface area contributed by atoms with Crippen LogP contribution in [0.25, 0.3) is 0 Å². The van der Waals surface area contributed by atoms with Crippen molar-refractivity contribution < 1.29 is 4.79 Å². The number of nitriles is 1. The van der Waals surface area contributed by atoms with Gasteiger partial charge in [0.15, 0.2) is 0 Å². The van der Waals surface area contributed by atoms with Gasteiger partial charge < -0.3 is 5.32 Å². The van der Waals surface area contributed by atoms with E-state index in [1.807, 2.05) is 17.5 Å². The van der Waals surface area contributed by atoms with Gasteiger partial charge in [-0.25, -0.2) is 0 Å². The van der Waals surface area contributed by atoms with E-state index in [1.54, 1.807) is 11.8 Å². The predicted molar refractivity (Wildman–Crippen MR) is 88.5 cm³/mol. The molecule has 1 aromatic rings. The molecule has 0 saturated heterocycles. The fourth-order valence-electron chi connectivity index (χ4n) is 4.07. The SMILES string of the molecule is N#C[C@]1(c2ccc3c(c2)C2(CCCCC2)C(=O)N3)CC=CS1. The number of nitrogens with one attached hydrogen (secondary N) is 1. The summed E-state index contributed by atoms with van der Waals surface area (Å²) in [6.45, 7) is 0. The Labute approximate surface area is 134 Å². The third-order valence-corrected chi connectivity index (χ3v) is 6.57. The molecule has 0 unspecified atom stereocenters. The molecule has 1 spiro atoms. The molecule has 0 bridgehead atoms. The molecule has 1 aliphatic carbocycles. The van der Waals surface area contributed by atoms with E-state index in [0.717, 1.165) is 48.9 Å². The zero-order valence-corrected chi connectivity index (χ0v) is 13.2. The predicted octanol–water partition coefficient (Wildman–Crippen LogP) is 4.21. The van der Waals surface area contributed by atoms with Gasteiger partial charge in [-0.2, -0.15) is 5.26 Å². The second kappa shape index (κ2) is 4.89. The smallest absolute Gasteiger partial charge is 0.235 e. The number of hydrogen-bond acceptors (Lipinski definition) is 3. The number of hydrogen-bond donors (Lipinski definition) is 1. The number of thioether (sulfide) groups is 1. The van der Waals surface area contributed by atoms with Gasteiger partial charge in [-0.05, 0) is 41.9 Å². The average Bonchev–Trinajstić information content (AvgIpc) is 3.14. The summed E-state index contributed by atoms with van der Waals surface area (Å²) in [6.07, 6.45) is 8.09.